The number of halogens is 4. The Bertz CT molecular complexity index is 1500. The van der Waals surface area contributed by atoms with Gasteiger partial charge in [0.2, 0.25) is 0 Å². The molecule has 0 spiro atoms. The van der Waals surface area contributed by atoms with Crippen LogP contribution in [-0.2, 0) is 16.0 Å². The molecule has 204 valence electrons. The van der Waals surface area contributed by atoms with Crippen LogP contribution in [0.5, 0.6) is 0 Å². The maximum atomic E-state index is 14.2. The first kappa shape index (κ1) is 27.7. The van der Waals surface area contributed by atoms with Gasteiger partial charge in [-0.25, -0.2) is 24.1 Å². The van der Waals surface area contributed by atoms with Crippen molar-refractivity contribution in [1.82, 2.24) is 19.4 Å². The standard InChI is InChI=1S/C27H25F4N5O3/c1-16(2)15-39-26(38)35-25-21(28)13-33-24(34-25)19-7-9-36-22(14-32-23(36)12-19)18-5-3-4-17(10-18)11-20(37)6-8-27(29,30)31/h3-5,7,9-10,12-14,16H,6,8,11,15H2,1-2H3,(H,33,34,35,38). The second kappa shape index (κ2) is 11.6. The molecule has 39 heavy (non-hydrogen) atoms. The fraction of sp³-hybridized carbons (Fsp3) is 0.296. The van der Waals surface area contributed by atoms with Gasteiger partial charge in [0.25, 0.3) is 0 Å². The van der Waals surface area contributed by atoms with Gasteiger partial charge in [0.15, 0.2) is 17.5 Å². The Morgan fingerprint density at radius 3 is 2.62 bits per heavy atom. The molecule has 0 radical (unpaired) electrons. The van der Waals surface area contributed by atoms with E-state index in [1.165, 1.54) is 0 Å². The van der Waals surface area contributed by atoms with E-state index < -0.39 is 36.7 Å². The van der Waals surface area contributed by atoms with E-state index in [1.54, 1.807) is 53.2 Å². The highest BCUT2D eigenvalue weighted by molar-refractivity contribution is 5.84. The Morgan fingerprint density at radius 2 is 1.87 bits per heavy atom. The third-order valence-electron chi connectivity index (χ3n) is 5.60. The first-order chi connectivity index (χ1) is 18.5. The highest BCUT2D eigenvalue weighted by Gasteiger charge is 2.27. The molecule has 3 heterocycles. The van der Waals surface area contributed by atoms with E-state index in [9.17, 15) is 27.2 Å². The predicted octanol–water partition coefficient (Wildman–Crippen LogP) is 6.26. The highest BCUT2D eigenvalue weighted by Crippen LogP contribution is 2.26. The number of hydrogen-bond donors (Lipinski definition) is 1. The molecule has 0 fully saturated rings. The van der Waals surface area contributed by atoms with E-state index in [1.807, 2.05) is 13.8 Å². The van der Waals surface area contributed by atoms with E-state index in [-0.39, 0.29) is 30.6 Å². The molecule has 3 aromatic heterocycles. The number of carbonyl (C=O) groups is 2. The van der Waals surface area contributed by atoms with Crippen molar-refractivity contribution in [2.24, 2.45) is 5.92 Å². The Hall–Kier alpha value is -4.35. The number of carbonyl (C=O) groups excluding carboxylic acids is 2. The molecule has 4 aromatic rings. The minimum Gasteiger partial charge on any atom is -0.449 e. The van der Waals surface area contributed by atoms with Gasteiger partial charge in [0.05, 0.1) is 31.1 Å². The largest absolute Gasteiger partial charge is 0.449 e. The Morgan fingerprint density at radius 1 is 1.08 bits per heavy atom. The van der Waals surface area contributed by atoms with Gasteiger partial charge in [-0.05, 0) is 29.7 Å². The van der Waals surface area contributed by atoms with Gasteiger partial charge >= 0.3 is 12.3 Å². The Kier molecular flexibility index (Phi) is 8.22. The quantitative estimate of drug-likeness (QED) is 0.251. The van der Waals surface area contributed by atoms with Crippen LogP contribution >= 0.6 is 0 Å². The number of Topliss-reactive ketones (excluding diaryl/α,β-unsaturated/α-hetero) is 1. The SMILES string of the molecule is CC(C)COC(=O)Nc1nc(-c2ccn3c(-c4cccc(CC(=O)CCC(F)(F)F)c4)cnc3c2)ncc1F. The molecule has 1 amide bonds. The molecular formula is C27H25F4N5O3. The summed E-state index contributed by atoms with van der Waals surface area (Å²) in [5.41, 5.74) is 3.05. The zero-order valence-corrected chi connectivity index (χ0v) is 21.1. The number of nitrogens with one attached hydrogen (secondary N) is 1. The molecule has 1 aromatic carbocycles. The molecular weight excluding hydrogens is 518 g/mol. The molecule has 0 aliphatic rings. The molecule has 0 saturated heterocycles. The summed E-state index contributed by atoms with van der Waals surface area (Å²) in [6, 6.07) is 10.3. The van der Waals surface area contributed by atoms with Crippen LogP contribution in [0.4, 0.5) is 28.2 Å². The van der Waals surface area contributed by atoms with Crippen LogP contribution in [-0.4, -0.2) is 44.0 Å². The summed E-state index contributed by atoms with van der Waals surface area (Å²) in [7, 11) is 0. The van der Waals surface area contributed by atoms with Crippen molar-refractivity contribution in [2.45, 2.75) is 39.3 Å². The summed E-state index contributed by atoms with van der Waals surface area (Å²) in [6.07, 6.45) is -2.73. The molecule has 12 heteroatoms. The number of rotatable bonds is 9. The number of ketones is 1. The van der Waals surface area contributed by atoms with Gasteiger partial charge in [0, 0.05) is 30.2 Å². The number of hydrogen-bond acceptors (Lipinski definition) is 6. The van der Waals surface area contributed by atoms with Gasteiger partial charge in [-0.3, -0.25) is 14.5 Å². The van der Waals surface area contributed by atoms with Crippen LogP contribution in [0.3, 0.4) is 0 Å². The smallest absolute Gasteiger partial charge is 0.412 e. The number of fused-ring (bicyclic) bond motifs is 1. The topological polar surface area (TPSA) is 98.5 Å². The lowest BCUT2D eigenvalue weighted by Crippen LogP contribution is -2.18. The van der Waals surface area contributed by atoms with Crippen molar-refractivity contribution in [3.63, 3.8) is 0 Å². The van der Waals surface area contributed by atoms with Crippen LogP contribution in [0.25, 0.3) is 28.3 Å². The van der Waals surface area contributed by atoms with E-state index in [4.69, 9.17) is 4.74 Å². The van der Waals surface area contributed by atoms with Crippen molar-refractivity contribution in [1.29, 1.82) is 0 Å². The molecule has 0 atom stereocenters. The summed E-state index contributed by atoms with van der Waals surface area (Å²) in [6.45, 7) is 3.91. The normalized spacial score (nSPS) is 11.7. The number of aromatic nitrogens is 4. The minimum absolute atomic E-state index is 0.103. The van der Waals surface area contributed by atoms with Gasteiger partial charge in [0.1, 0.15) is 11.4 Å². The second-order valence-corrected chi connectivity index (χ2v) is 9.33. The summed E-state index contributed by atoms with van der Waals surface area (Å²) in [5, 5.41) is 2.28. The lowest BCUT2D eigenvalue weighted by molar-refractivity contribution is -0.143. The number of anilines is 1. The summed E-state index contributed by atoms with van der Waals surface area (Å²) < 4.78 is 58.3. The summed E-state index contributed by atoms with van der Waals surface area (Å²) >= 11 is 0. The summed E-state index contributed by atoms with van der Waals surface area (Å²) in [4.78, 5) is 36.5. The van der Waals surface area contributed by atoms with Gasteiger partial charge in [-0.2, -0.15) is 13.2 Å². The van der Waals surface area contributed by atoms with Crippen LogP contribution in [0.2, 0.25) is 0 Å². The maximum absolute atomic E-state index is 14.2. The molecule has 0 bridgehead atoms. The molecule has 8 nitrogen and oxygen atoms in total. The predicted molar refractivity (Wildman–Crippen MR) is 135 cm³/mol. The van der Waals surface area contributed by atoms with Gasteiger partial charge < -0.3 is 4.74 Å². The average Bonchev–Trinajstić information content (AvgIpc) is 3.31. The van der Waals surface area contributed by atoms with Crippen LogP contribution in [0.15, 0.2) is 55.0 Å². The van der Waals surface area contributed by atoms with E-state index in [0.29, 0.717) is 22.5 Å². The molecule has 1 N–H and O–H groups in total. The Balaban J connectivity index is 1.53. The van der Waals surface area contributed by atoms with Crippen LogP contribution < -0.4 is 5.32 Å². The number of alkyl halides is 3. The zero-order chi connectivity index (χ0) is 28.2. The fourth-order valence-electron chi connectivity index (χ4n) is 3.74. The number of imidazole rings is 1. The lowest BCUT2D eigenvalue weighted by Gasteiger charge is -2.10. The lowest BCUT2D eigenvalue weighted by atomic mass is 10.0. The van der Waals surface area contributed by atoms with Crippen molar-refractivity contribution in [3.05, 3.63) is 66.4 Å². The third-order valence-corrected chi connectivity index (χ3v) is 5.60. The first-order valence-corrected chi connectivity index (χ1v) is 12.1. The average molecular weight is 544 g/mol. The van der Waals surface area contributed by atoms with Crippen molar-refractivity contribution in [2.75, 3.05) is 11.9 Å². The minimum atomic E-state index is -4.37. The number of benzene rings is 1. The molecule has 0 aliphatic carbocycles. The van der Waals surface area contributed by atoms with E-state index >= 15 is 0 Å². The maximum Gasteiger partial charge on any atom is 0.412 e. The first-order valence-electron chi connectivity index (χ1n) is 12.1. The Labute approximate surface area is 221 Å². The number of ether oxygens (including phenoxy) is 1. The highest BCUT2D eigenvalue weighted by atomic mass is 19.4. The van der Waals surface area contributed by atoms with Crippen LogP contribution in [0.1, 0.15) is 32.3 Å². The van der Waals surface area contributed by atoms with Crippen molar-refractivity contribution in [3.8, 4) is 22.6 Å². The third kappa shape index (κ3) is 7.37. The van der Waals surface area contributed by atoms with Crippen LogP contribution in [0, 0.1) is 11.7 Å². The number of nitrogens with zero attached hydrogens (tertiary/aromatic N) is 4. The second-order valence-electron chi connectivity index (χ2n) is 9.33. The van der Waals surface area contributed by atoms with E-state index in [2.05, 4.69) is 20.3 Å². The number of pyridine rings is 1. The summed E-state index contributed by atoms with van der Waals surface area (Å²) in [5.74, 6) is -1.36. The monoisotopic (exact) mass is 543 g/mol. The zero-order valence-electron chi connectivity index (χ0n) is 21.1. The van der Waals surface area contributed by atoms with E-state index in [0.717, 1.165) is 11.8 Å². The molecule has 0 unspecified atom stereocenters. The van der Waals surface area contributed by atoms with Gasteiger partial charge in [-0.15, -0.1) is 0 Å². The fourth-order valence-corrected chi connectivity index (χ4v) is 3.74. The van der Waals surface area contributed by atoms with Crippen molar-refractivity contribution >= 4 is 23.3 Å². The van der Waals surface area contributed by atoms with Gasteiger partial charge in [-0.1, -0.05) is 32.0 Å². The van der Waals surface area contributed by atoms with Crippen molar-refractivity contribution < 1.29 is 31.9 Å². The molecule has 0 aliphatic heterocycles. The molecule has 4 rings (SSSR count). The molecule has 0 saturated carbocycles. The number of amides is 1.